The topological polar surface area (TPSA) is 44.8 Å². The lowest BCUT2D eigenvalue weighted by atomic mass is 10.2. The maximum atomic E-state index is 14.7. The van der Waals surface area contributed by atoms with Crippen molar-refractivity contribution in [3.05, 3.63) is 24.0 Å². The van der Waals surface area contributed by atoms with Crippen LogP contribution in [0.5, 0.6) is 0 Å². The number of hydrogen-bond acceptors (Lipinski definition) is 4. The zero-order chi connectivity index (χ0) is 17.7. The largest absolute Gasteiger partial charge is 0.444 e. The smallest absolute Gasteiger partial charge is 0.414 e. The first kappa shape index (κ1) is 16.6. The van der Waals surface area contributed by atoms with Gasteiger partial charge in [-0.15, -0.1) is 0 Å². The molecule has 6 heteroatoms. The number of ether oxygens (including phenoxy) is 1. The second-order valence-electron chi connectivity index (χ2n) is 7.74. The Bertz CT molecular complexity index is 669. The summed E-state index contributed by atoms with van der Waals surface area (Å²) in [4.78, 5) is 15.6. The first-order chi connectivity index (χ1) is 12.0. The molecule has 2 saturated heterocycles. The molecule has 0 aromatic heterocycles. The average molecular weight is 347 g/mol. The highest BCUT2D eigenvalue weighted by atomic mass is 19.1. The van der Waals surface area contributed by atoms with Crippen LogP contribution in [0.2, 0.25) is 0 Å². The van der Waals surface area contributed by atoms with Crippen LogP contribution < -0.4 is 15.1 Å². The van der Waals surface area contributed by atoms with E-state index in [1.165, 1.54) is 11.0 Å². The number of halogens is 1. The van der Waals surface area contributed by atoms with Gasteiger partial charge in [-0.1, -0.05) is 20.8 Å². The van der Waals surface area contributed by atoms with Crippen LogP contribution in [0.1, 0.15) is 27.2 Å². The average Bonchev–Trinajstić information content (AvgIpc) is 2.92. The fraction of sp³-hybridized carbons (Fsp3) is 0.632. The number of piperidine rings is 1. The number of fused-ring (bicyclic) bond motifs is 1. The van der Waals surface area contributed by atoms with E-state index in [9.17, 15) is 9.18 Å². The SMILES string of the molecule is CC[C@H]1CN(c2ccc(N3C[C@@H]4C(NC(C)C)[C@@H]4C3)c(F)c2)C(=O)O1. The molecule has 2 aliphatic heterocycles. The van der Waals surface area contributed by atoms with Crippen molar-refractivity contribution in [2.45, 2.75) is 45.4 Å². The number of anilines is 2. The highest BCUT2D eigenvalue weighted by Gasteiger charge is 2.55. The molecule has 0 radical (unpaired) electrons. The zero-order valence-corrected chi connectivity index (χ0v) is 15.0. The van der Waals surface area contributed by atoms with Crippen molar-refractivity contribution in [2.24, 2.45) is 11.8 Å². The van der Waals surface area contributed by atoms with Crippen LogP contribution in [0.4, 0.5) is 20.6 Å². The van der Waals surface area contributed by atoms with Crippen LogP contribution in [0.25, 0.3) is 0 Å². The number of benzene rings is 1. The van der Waals surface area contributed by atoms with Crippen LogP contribution >= 0.6 is 0 Å². The summed E-state index contributed by atoms with van der Waals surface area (Å²) in [6.07, 6.45) is 0.278. The Kier molecular flexibility index (Phi) is 4.10. The Labute approximate surface area is 148 Å². The molecule has 1 saturated carbocycles. The van der Waals surface area contributed by atoms with E-state index in [4.69, 9.17) is 4.74 Å². The quantitative estimate of drug-likeness (QED) is 0.889. The van der Waals surface area contributed by atoms with Crippen LogP contribution in [-0.4, -0.2) is 43.9 Å². The number of nitrogens with one attached hydrogen (secondary N) is 1. The monoisotopic (exact) mass is 347 g/mol. The van der Waals surface area contributed by atoms with E-state index in [1.807, 2.05) is 13.0 Å². The molecule has 3 fully saturated rings. The minimum absolute atomic E-state index is 0.105. The van der Waals surface area contributed by atoms with Crippen molar-refractivity contribution >= 4 is 17.5 Å². The molecule has 1 aliphatic carbocycles. The number of amides is 1. The summed E-state index contributed by atoms with van der Waals surface area (Å²) in [5.74, 6) is 0.987. The Morgan fingerprint density at radius 2 is 2.00 bits per heavy atom. The van der Waals surface area contributed by atoms with Gasteiger partial charge in [-0.05, 0) is 36.5 Å². The van der Waals surface area contributed by atoms with Gasteiger partial charge in [0.2, 0.25) is 0 Å². The Morgan fingerprint density at radius 3 is 2.56 bits per heavy atom. The molecule has 25 heavy (non-hydrogen) atoms. The first-order valence-electron chi connectivity index (χ1n) is 9.26. The lowest BCUT2D eigenvalue weighted by Crippen LogP contribution is -2.34. The fourth-order valence-corrected chi connectivity index (χ4v) is 4.22. The molecular formula is C19H26FN3O2. The Hall–Kier alpha value is -1.82. The predicted molar refractivity (Wildman–Crippen MR) is 95.6 cm³/mol. The lowest BCUT2D eigenvalue weighted by molar-refractivity contribution is 0.139. The van der Waals surface area contributed by atoms with Crippen molar-refractivity contribution in [3.63, 3.8) is 0 Å². The molecule has 1 N–H and O–H groups in total. The van der Waals surface area contributed by atoms with E-state index in [0.717, 1.165) is 19.5 Å². The summed E-state index contributed by atoms with van der Waals surface area (Å²) in [5, 5.41) is 3.59. The van der Waals surface area contributed by atoms with E-state index in [1.54, 1.807) is 6.07 Å². The molecule has 1 unspecified atom stereocenters. The summed E-state index contributed by atoms with van der Waals surface area (Å²) in [5.41, 5.74) is 1.21. The van der Waals surface area contributed by atoms with Gasteiger partial charge in [-0.25, -0.2) is 9.18 Å². The maximum absolute atomic E-state index is 14.7. The minimum Gasteiger partial charge on any atom is -0.444 e. The minimum atomic E-state index is -0.385. The Morgan fingerprint density at radius 1 is 1.28 bits per heavy atom. The second-order valence-corrected chi connectivity index (χ2v) is 7.74. The maximum Gasteiger partial charge on any atom is 0.414 e. The lowest BCUT2D eigenvalue weighted by Gasteiger charge is -2.24. The normalized spacial score (nSPS) is 30.8. The van der Waals surface area contributed by atoms with Gasteiger partial charge in [-0.3, -0.25) is 4.90 Å². The van der Waals surface area contributed by atoms with Crippen molar-refractivity contribution in [3.8, 4) is 0 Å². The molecule has 1 aromatic rings. The van der Waals surface area contributed by atoms with Crippen molar-refractivity contribution < 1.29 is 13.9 Å². The van der Waals surface area contributed by atoms with Crippen molar-refractivity contribution in [2.75, 3.05) is 29.4 Å². The molecule has 2 heterocycles. The summed E-state index contributed by atoms with van der Waals surface area (Å²) in [6.45, 7) is 8.59. The second kappa shape index (κ2) is 6.16. The molecule has 5 nitrogen and oxygen atoms in total. The highest BCUT2D eigenvalue weighted by molar-refractivity contribution is 5.90. The van der Waals surface area contributed by atoms with Gasteiger partial charge in [-0.2, -0.15) is 0 Å². The number of cyclic esters (lactones) is 1. The van der Waals surface area contributed by atoms with Gasteiger partial charge >= 0.3 is 6.09 Å². The van der Waals surface area contributed by atoms with Crippen molar-refractivity contribution in [1.29, 1.82) is 0 Å². The van der Waals surface area contributed by atoms with Crippen LogP contribution in [-0.2, 0) is 4.74 Å². The molecule has 4 rings (SSSR count). The molecule has 136 valence electrons. The number of rotatable bonds is 5. The molecule has 1 amide bonds. The first-order valence-corrected chi connectivity index (χ1v) is 9.26. The van der Waals surface area contributed by atoms with Gasteiger partial charge in [0.25, 0.3) is 0 Å². The van der Waals surface area contributed by atoms with Gasteiger partial charge in [0.05, 0.1) is 17.9 Å². The van der Waals surface area contributed by atoms with Crippen LogP contribution in [0.3, 0.4) is 0 Å². The van der Waals surface area contributed by atoms with Crippen LogP contribution in [0.15, 0.2) is 18.2 Å². The van der Waals surface area contributed by atoms with E-state index < -0.39 is 0 Å². The van der Waals surface area contributed by atoms with Gasteiger partial charge < -0.3 is 15.0 Å². The van der Waals surface area contributed by atoms with Crippen LogP contribution in [0, 0.1) is 17.7 Å². The number of carbonyl (C=O) groups is 1. The number of hydrogen-bond donors (Lipinski definition) is 1. The Balaban J connectivity index is 1.43. The molecule has 4 atom stereocenters. The van der Waals surface area contributed by atoms with E-state index >= 15 is 0 Å². The summed E-state index contributed by atoms with van der Waals surface area (Å²) in [7, 11) is 0. The number of carbonyl (C=O) groups excluding carboxylic acids is 1. The summed E-state index contributed by atoms with van der Waals surface area (Å²) in [6, 6.07) is 6.16. The number of nitrogens with zero attached hydrogens (tertiary/aromatic N) is 2. The summed E-state index contributed by atoms with van der Waals surface area (Å²) < 4.78 is 19.9. The van der Waals surface area contributed by atoms with Gasteiger partial charge in [0, 0.05) is 25.2 Å². The zero-order valence-electron chi connectivity index (χ0n) is 15.0. The molecule has 1 aromatic carbocycles. The third-order valence-electron chi connectivity index (χ3n) is 5.63. The predicted octanol–water partition coefficient (Wildman–Crippen LogP) is 2.99. The van der Waals surface area contributed by atoms with Crippen molar-refractivity contribution in [1.82, 2.24) is 5.32 Å². The molecule has 0 bridgehead atoms. The van der Waals surface area contributed by atoms with E-state index in [-0.39, 0.29) is 18.0 Å². The highest BCUT2D eigenvalue weighted by Crippen LogP contribution is 2.47. The van der Waals surface area contributed by atoms with Gasteiger partial charge in [0.1, 0.15) is 11.9 Å². The van der Waals surface area contributed by atoms with E-state index in [0.29, 0.717) is 41.8 Å². The standard InChI is InChI=1S/C19H26FN3O2/c1-4-13-8-23(19(24)25-13)12-5-6-17(16(20)7-12)22-9-14-15(10-22)18(14)21-11(2)3/h5-7,11,13-15,18,21H,4,8-10H2,1-3H3/t13-,14-,15+,18?/m0/s1. The third-order valence-corrected chi connectivity index (χ3v) is 5.63. The fourth-order valence-electron chi connectivity index (χ4n) is 4.22. The van der Waals surface area contributed by atoms with Gasteiger partial charge in [0.15, 0.2) is 0 Å². The third kappa shape index (κ3) is 2.97. The molecule has 0 spiro atoms. The molecular weight excluding hydrogens is 321 g/mol. The van der Waals surface area contributed by atoms with E-state index in [2.05, 4.69) is 24.1 Å². The molecule has 3 aliphatic rings. The summed E-state index contributed by atoms with van der Waals surface area (Å²) >= 11 is 0.